The highest BCUT2D eigenvalue weighted by Gasteiger charge is 2.17. The fourth-order valence-corrected chi connectivity index (χ4v) is 1.51. The van der Waals surface area contributed by atoms with Crippen LogP contribution in [0, 0.1) is 0 Å². The molecule has 1 amide bonds. The van der Waals surface area contributed by atoms with Gasteiger partial charge in [-0.25, -0.2) is 0 Å². The summed E-state index contributed by atoms with van der Waals surface area (Å²) >= 11 is 0. The molecule has 0 fully saturated rings. The second kappa shape index (κ2) is 7.16. The predicted octanol–water partition coefficient (Wildman–Crippen LogP) is 1.12. The van der Waals surface area contributed by atoms with Crippen LogP contribution in [-0.2, 0) is 4.79 Å². The molecule has 7 nitrogen and oxygen atoms in total. The van der Waals surface area contributed by atoms with Crippen LogP contribution >= 0.6 is 0 Å². The maximum atomic E-state index is 11.4. The van der Waals surface area contributed by atoms with E-state index in [2.05, 4.69) is 15.3 Å². The SMILES string of the molecule is COc1cccc(C(NCCN=[N+]=[N-])C(N)=O)c1. The second-order valence-electron chi connectivity index (χ2n) is 3.52. The first-order valence-electron chi connectivity index (χ1n) is 5.36. The first-order chi connectivity index (χ1) is 8.69. The number of methoxy groups -OCH3 is 1. The highest BCUT2D eigenvalue weighted by atomic mass is 16.5. The van der Waals surface area contributed by atoms with Gasteiger partial charge < -0.3 is 15.8 Å². The topological polar surface area (TPSA) is 113 Å². The van der Waals surface area contributed by atoms with Crippen molar-refractivity contribution >= 4 is 5.91 Å². The first-order valence-corrected chi connectivity index (χ1v) is 5.36. The quantitative estimate of drug-likeness (QED) is 0.326. The van der Waals surface area contributed by atoms with Crippen LogP contribution in [0.1, 0.15) is 11.6 Å². The van der Waals surface area contributed by atoms with Crippen molar-refractivity contribution in [2.24, 2.45) is 10.8 Å². The Hall–Kier alpha value is -2.24. The maximum absolute atomic E-state index is 11.4. The molecule has 0 spiro atoms. The zero-order chi connectivity index (χ0) is 13.4. The number of hydrogen-bond donors (Lipinski definition) is 2. The number of nitrogens with one attached hydrogen (secondary N) is 1. The summed E-state index contributed by atoms with van der Waals surface area (Å²) in [5.41, 5.74) is 14.2. The third-order valence-electron chi connectivity index (χ3n) is 2.34. The number of ether oxygens (including phenoxy) is 1. The molecule has 7 heteroatoms. The summed E-state index contributed by atoms with van der Waals surface area (Å²) in [4.78, 5) is 14.0. The van der Waals surface area contributed by atoms with Crippen molar-refractivity contribution in [1.29, 1.82) is 0 Å². The van der Waals surface area contributed by atoms with Gasteiger partial charge in [0, 0.05) is 18.0 Å². The summed E-state index contributed by atoms with van der Waals surface area (Å²) < 4.78 is 5.08. The Balaban J connectivity index is 2.76. The number of amides is 1. The van der Waals surface area contributed by atoms with Crippen molar-refractivity contribution in [3.05, 3.63) is 40.3 Å². The maximum Gasteiger partial charge on any atom is 0.239 e. The Morgan fingerprint density at radius 3 is 3.06 bits per heavy atom. The van der Waals surface area contributed by atoms with E-state index in [1.54, 1.807) is 31.4 Å². The third-order valence-corrected chi connectivity index (χ3v) is 2.34. The van der Waals surface area contributed by atoms with Gasteiger partial charge in [-0.15, -0.1) is 0 Å². The molecule has 0 aliphatic carbocycles. The number of primary amides is 1. The van der Waals surface area contributed by atoms with Crippen molar-refractivity contribution in [2.45, 2.75) is 6.04 Å². The lowest BCUT2D eigenvalue weighted by Gasteiger charge is -2.15. The lowest BCUT2D eigenvalue weighted by atomic mass is 10.1. The number of rotatable bonds is 7. The van der Waals surface area contributed by atoms with Gasteiger partial charge in [-0.2, -0.15) is 0 Å². The Labute approximate surface area is 105 Å². The highest BCUT2D eigenvalue weighted by Crippen LogP contribution is 2.18. The molecule has 18 heavy (non-hydrogen) atoms. The summed E-state index contributed by atoms with van der Waals surface area (Å²) in [7, 11) is 1.55. The van der Waals surface area contributed by atoms with E-state index >= 15 is 0 Å². The van der Waals surface area contributed by atoms with Crippen LogP contribution in [0.25, 0.3) is 10.4 Å². The van der Waals surface area contributed by atoms with E-state index in [4.69, 9.17) is 16.0 Å². The van der Waals surface area contributed by atoms with E-state index in [0.717, 1.165) is 0 Å². The lowest BCUT2D eigenvalue weighted by molar-refractivity contribution is -0.120. The van der Waals surface area contributed by atoms with Crippen LogP contribution in [-0.4, -0.2) is 26.1 Å². The van der Waals surface area contributed by atoms with Gasteiger partial charge in [0.05, 0.1) is 7.11 Å². The normalized spacial score (nSPS) is 11.4. The molecular weight excluding hydrogens is 234 g/mol. The van der Waals surface area contributed by atoms with Gasteiger partial charge in [0.1, 0.15) is 11.8 Å². The summed E-state index contributed by atoms with van der Waals surface area (Å²) in [6.45, 7) is 0.624. The van der Waals surface area contributed by atoms with Gasteiger partial charge in [0.25, 0.3) is 0 Å². The minimum Gasteiger partial charge on any atom is -0.497 e. The van der Waals surface area contributed by atoms with E-state index < -0.39 is 11.9 Å². The molecule has 1 atom stereocenters. The standard InChI is InChI=1S/C11H15N5O2/c1-18-9-4-2-3-8(7-9)10(11(12)17)14-5-6-15-16-13/h2-4,7,10,14H,5-6H2,1H3,(H2,12,17). The number of benzene rings is 1. The molecule has 0 heterocycles. The lowest BCUT2D eigenvalue weighted by Crippen LogP contribution is -2.34. The van der Waals surface area contributed by atoms with Crippen LogP contribution < -0.4 is 15.8 Å². The molecule has 0 aliphatic rings. The van der Waals surface area contributed by atoms with Crippen LogP contribution in [0.2, 0.25) is 0 Å². The van der Waals surface area contributed by atoms with Gasteiger partial charge >= 0.3 is 0 Å². The molecular formula is C11H15N5O2. The summed E-state index contributed by atoms with van der Waals surface area (Å²) in [6.07, 6.45) is 0. The fraction of sp³-hybridized carbons (Fsp3) is 0.364. The zero-order valence-electron chi connectivity index (χ0n) is 10.0. The van der Waals surface area contributed by atoms with Crippen LogP contribution in [0.5, 0.6) is 5.75 Å². The van der Waals surface area contributed by atoms with Crippen molar-refractivity contribution in [3.8, 4) is 5.75 Å². The molecule has 96 valence electrons. The minimum atomic E-state index is -0.631. The predicted molar refractivity (Wildman–Crippen MR) is 66.9 cm³/mol. The average molecular weight is 249 g/mol. The molecule has 1 aromatic rings. The van der Waals surface area contributed by atoms with Crippen LogP contribution in [0.3, 0.4) is 0 Å². The molecule has 0 aromatic heterocycles. The summed E-state index contributed by atoms with van der Waals surface area (Å²) in [5.74, 6) is 0.153. The first kappa shape index (κ1) is 13.8. The third kappa shape index (κ3) is 3.97. The molecule has 3 N–H and O–H groups in total. The molecule has 0 aliphatic heterocycles. The monoisotopic (exact) mass is 249 g/mol. The Morgan fingerprint density at radius 2 is 2.44 bits per heavy atom. The van der Waals surface area contributed by atoms with Crippen molar-refractivity contribution in [1.82, 2.24) is 5.32 Å². The number of carbonyl (C=O) groups is 1. The largest absolute Gasteiger partial charge is 0.497 e. The van der Waals surface area contributed by atoms with Crippen LogP contribution in [0.4, 0.5) is 0 Å². The van der Waals surface area contributed by atoms with E-state index in [1.165, 1.54) is 0 Å². The molecule has 0 radical (unpaired) electrons. The molecule has 1 unspecified atom stereocenters. The summed E-state index contributed by atoms with van der Waals surface area (Å²) in [5, 5.41) is 6.30. The second-order valence-corrected chi connectivity index (χ2v) is 3.52. The van der Waals surface area contributed by atoms with E-state index in [-0.39, 0.29) is 6.54 Å². The number of azide groups is 1. The van der Waals surface area contributed by atoms with Gasteiger partial charge in [-0.1, -0.05) is 17.2 Å². The number of nitrogens with zero attached hydrogens (tertiary/aromatic N) is 3. The molecule has 1 aromatic carbocycles. The Morgan fingerprint density at radius 1 is 1.67 bits per heavy atom. The smallest absolute Gasteiger partial charge is 0.239 e. The average Bonchev–Trinajstić information content (AvgIpc) is 2.38. The van der Waals surface area contributed by atoms with Gasteiger partial charge in [0.2, 0.25) is 5.91 Å². The minimum absolute atomic E-state index is 0.254. The highest BCUT2D eigenvalue weighted by molar-refractivity contribution is 5.81. The van der Waals surface area contributed by atoms with E-state index in [9.17, 15) is 4.79 Å². The molecule has 1 rings (SSSR count). The zero-order valence-corrected chi connectivity index (χ0v) is 10.0. The van der Waals surface area contributed by atoms with Gasteiger partial charge in [-0.3, -0.25) is 4.79 Å². The van der Waals surface area contributed by atoms with Gasteiger partial charge in [-0.05, 0) is 23.2 Å². The van der Waals surface area contributed by atoms with Crippen LogP contribution in [0.15, 0.2) is 29.4 Å². The van der Waals surface area contributed by atoms with Crippen molar-refractivity contribution < 1.29 is 9.53 Å². The van der Waals surface area contributed by atoms with Gasteiger partial charge in [0.15, 0.2) is 0 Å². The molecule has 0 saturated heterocycles. The number of hydrogen-bond acceptors (Lipinski definition) is 4. The van der Waals surface area contributed by atoms with E-state index in [1.807, 2.05) is 0 Å². The van der Waals surface area contributed by atoms with Crippen molar-refractivity contribution in [3.63, 3.8) is 0 Å². The Kier molecular flexibility index (Phi) is 5.50. The van der Waals surface area contributed by atoms with Crippen molar-refractivity contribution in [2.75, 3.05) is 20.2 Å². The number of nitrogens with two attached hydrogens (primary N) is 1. The Bertz CT molecular complexity index is 457. The molecule has 0 saturated carbocycles. The fourth-order valence-electron chi connectivity index (χ4n) is 1.51. The number of carbonyl (C=O) groups excluding carboxylic acids is 1. The van der Waals surface area contributed by atoms with E-state index in [0.29, 0.717) is 17.9 Å². The summed E-state index contributed by atoms with van der Waals surface area (Å²) in [6, 6.07) is 6.43. The molecule has 0 bridgehead atoms.